The molecule has 8 nitrogen and oxygen atoms in total. The quantitative estimate of drug-likeness (QED) is 0.346. The molecule has 0 bridgehead atoms. The number of amides is 1. The number of aliphatic hydroxyl groups is 2. The molecule has 0 radical (unpaired) electrons. The van der Waals surface area contributed by atoms with Crippen LogP contribution in [-0.4, -0.2) is 52.4 Å². The Morgan fingerprint density at radius 1 is 1.05 bits per heavy atom. The molecular weight excluding hydrogens is 472 g/mol. The van der Waals surface area contributed by atoms with Crippen LogP contribution in [0.2, 0.25) is 0 Å². The predicted molar refractivity (Wildman–Crippen MR) is 140 cm³/mol. The first-order valence-electron chi connectivity index (χ1n) is 12.3. The van der Waals surface area contributed by atoms with Crippen LogP contribution in [0, 0.1) is 0 Å². The Balaban J connectivity index is 1.51. The van der Waals surface area contributed by atoms with Crippen molar-refractivity contribution in [3.05, 3.63) is 95.1 Å². The van der Waals surface area contributed by atoms with E-state index in [0.717, 1.165) is 16.7 Å². The molecule has 0 aliphatic carbocycles. The second-order valence-corrected chi connectivity index (χ2v) is 9.49. The Kier molecular flexibility index (Phi) is 8.91. The van der Waals surface area contributed by atoms with Crippen molar-refractivity contribution in [3.8, 4) is 5.75 Å². The van der Waals surface area contributed by atoms with E-state index in [4.69, 9.17) is 9.47 Å². The van der Waals surface area contributed by atoms with E-state index in [-0.39, 0.29) is 30.5 Å². The summed E-state index contributed by atoms with van der Waals surface area (Å²) in [6, 6.07) is 21.7. The van der Waals surface area contributed by atoms with Gasteiger partial charge in [-0.15, -0.1) is 0 Å². The number of aromatic hydroxyl groups is 1. The van der Waals surface area contributed by atoms with Crippen LogP contribution >= 0.6 is 0 Å². The van der Waals surface area contributed by atoms with Gasteiger partial charge in [-0.05, 0) is 48.0 Å². The van der Waals surface area contributed by atoms with E-state index in [1.807, 2.05) is 60.5 Å². The summed E-state index contributed by atoms with van der Waals surface area (Å²) in [5.74, 6) is -0.0411. The molecule has 1 fully saturated rings. The monoisotopic (exact) mass is 506 g/mol. The zero-order valence-corrected chi connectivity index (χ0v) is 21.1. The molecule has 3 aromatic rings. The molecule has 1 amide bonds. The van der Waals surface area contributed by atoms with Crippen molar-refractivity contribution in [1.29, 1.82) is 0 Å². The van der Waals surface area contributed by atoms with Crippen LogP contribution in [0.3, 0.4) is 0 Å². The van der Waals surface area contributed by atoms with Gasteiger partial charge in [-0.3, -0.25) is 4.79 Å². The molecule has 1 heterocycles. The maximum absolute atomic E-state index is 11.5. The highest BCUT2D eigenvalue weighted by Gasteiger charge is 2.33. The Morgan fingerprint density at radius 2 is 1.81 bits per heavy atom. The highest BCUT2D eigenvalue weighted by molar-refractivity contribution is 5.88. The fourth-order valence-electron chi connectivity index (χ4n) is 4.55. The summed E-state index contributed by atoms with van der Waals surface area (Å²) in [4.78, 5) is 13.5. The van der Waals surface area contributed by atoms with Gasteiger partial charge < -0.3 is 35.0 Å². The van der Waals surface area contributed by atoms with Crippen molar-refractivity contribution >= 4 is 11.6 Å². The van der Waals surface area contributed by atoms with Crippen LogP contribution in [0.1, 0.15) is 54.1 Å². The van der Waals surface area contributed by atoms with Gasteiger partial charge in [-0.1, -0.05) is 48.5 Å². The van der Waals surface area contributed by atoms with E-state index < -0.39 is 12.4 Å². The lowest BCUT2D eigenvalue weighted by Crippen LogP contribution is -2.39. The number of nitrogens with zero attached hydrogens (tertiary/aromatic N) is 1. The summed E-state index contributed by atoms with van der Waals surface area (Å²) in [6.45, 7) is 2.35. The van der Waals surface area contributed by atoms with Crippen molar-refractivity contribution in [1.82, 2.24) is 4.90 Å². The Hall–Kier alpha value is -3.27. The first-order valence-corrected chi connectivity index (χ1v) is 12.3. The number of rotatable bonds is 9. The van der Waals surface area contributed by atoms with Crippen molar-refractivity contribution in [3.63, 3.8) is 0 Å². The number of phenols is 1. The van der Waals surface area contributed by atoms with Gasteiger partial charge in [0.15, 0.2) is 6.29 Å². The molecule has 0 aromatic heterocycles. The normalized spacial score (nSPS) is 20.5. The molecule has 0 saturated carbocycles. The fourth-order valence-corrected chi connectivity index (χ4v) is 4.55. The van der Waals surface area contributed by atoms with Crippen molar-refractivity contribution in [2.75, 3.05) is 25.5 Å². The molecule has 1 aliphatic heterocycles. The van der Waals surface area contributed by atoms with Crippen molar-refractivity contribution in [2.24, 2.45) is 0 Å². The van der Waals surface area contributed by atoms with Gasteiger partial charge >= 0.3 is 0 Å². The number of hydrogen-bond acceptors (Lipinski definition) is 7. The largest absolute Gasteiger partial charge is 0.508 e. The van der Waals surface area contributed by atoms with Crippen molar-refractivity contribution in [2.45, 2.75) is 44.6 Å². The van der Waals surface area contributed by atoms with Gasteiger partial charge in [-0.2, -0.15) is 0 Å². The third kappa shape index (κ3) is 7.38. The third-order valence-corrected chi connectivity index (χ3v) is 6.35. The predicted octanol–water partition coefficient (Wildman–Crippen LogP) is 4.05. The average molecular weight is 507 g/mol. The van der Waals surface area contributed by atoms with E-state index in [1.165, 1.54) is 6.92 Å². The summed E-state index contributed by atoms with van der Waals surface area (Å²) in [6.07, 6.45) is -1.26. The molecule has 4 atom stereocenters. The number of benzene rings is 3. The lowest BCUT2D eigenvalue weighted by molar-refractivity contribution is -0.252. The molecule has 37 heavy (non-hydrogen) atoms. The molecule has 1 aliphatic rings. The molecule has 1 saturated heterocycles. The van der Waals surface area contributed by atoms with E-state index >= 15 is 0 Å². The summed E-state index contributed by atoms with van der Waals surface area (Å²) < 4.78 is 12.7. The zero-order valence-electron chi connectivity index (χ0n) is 21.1. The highest BCUT2D eigenvalue weighted by Crippen LogP contribution is 2.38. The number of likely N-dealkylation sites (N-methyl/N-ethyl adjacent to an activating group) is 1. The molecule has 4 N–H and O–H groups in total. The summed E-state index contributed by atoms with van der Waals surface area (Å²) in [7, 11) is 1.92. The van der Waals surface area contributed by atoms with Crippen LogP contribution in [0.15, 0.2) is 72.8 Å². The van der Waals surface area contributed by atoms with Crippen LogP contribution < -0.4 is 5.32 Å². The van der Waals surface area contributed by atoms with E-state index in [9.17, 15) is 20.1 Å². The van der Waals surface area contributed by atoms with Gasteiger partial charge in [0.2, 0.25) is 5.91 Å². The van der Waals surface area contributed by atoms with Crippen LogP contribution in [-0.2, 0) is 20.9 Å². The number of phenolic OH excluding ortho intramolecular Hbond substituents is 1. The SMILES string of the molecule is CC(=O)Nc1cccc(C2OC(CN(C)CC(O)c3cccc(O)c3)CC(c3ccc(CO)cc3)O2)c1. The maximum atomic E-state index is 11.5. The van der Waals surface area contributed by atoms with Gasteiger partial charge in [-0.25, -0.2) is 0 Å². The number of carbonyl (C=O) groups excluding carboxylic acids is 1. The second-order valence-electron chi connectivity index (χ2n) is 9.49. The van der Waals surface area contributed by atoms with Gasteiger partial charge in [0.25, 0.3) is 0 Å². The van der Waals surface area contributed by atoms with E-state index in [2.05, 4.69) is 5.32 Å². The number of aliphatic hydroxyl groups excluding tert-OH is 2. The summed E-state index contributed by atoms with van der Waals surface area (Å²) >= 11 is 0. The van der Waals surface area contributed by atoms with Crippen LogP contribution in [0.25, 0.3) is 0 Å². The Bertz CT molecular complexity index is 1190. The summed E-state index contributed by atoms with van der Waals surface area (Å²) in [5, 5.41) is 32.6. The highest BCUT2D eigenvalue weighted by atomic mass is 16.7. The molecule has 0 spiro atoms. The van der Waals surface area contributed by atoms with Crippen molar-refractivity contribution < 1.29 is 29.6 Å². The number of ether oxygens (including phenoxy) is 2. The second kappa shape index (κ2) is 12.3. The maximum Gasteiger partial charge on any atom is 0.221 e. The van der Waals surface area contributed by atoms with Crippen LogP contribution in [0.5, 0.6) is 5.75 Å². The topological polar surface area (TPSA) is 111 Å². The minimum atomic E-state index is -0.760. The third-order valence-electron chi connectivity index (χ3n) is 6.35. The Morgan fingerprint density at radius 3 is 2.51 bits per heavy atom. The standard InChI is InChI=1S/C29H34N2O6/c1-19(33)30-24-7-3-6-23(13-24)29-36-26(15-28(37-29)21-11-9-20(18-32)10-12-21)16-31(2)17-27(35)22-5-4-8-25(34)14-22/h3-14,26-29,32,34-35H,15-18H2,1-2H3,(H,30,33). The number of hydrogen-bond donors (Lipinski definition) is 4. The zero-order chi connectivity index (χ0) is 26.4. The Labute approximate surface area is 217 Å². The number of nitrogens with one attached hydrogen (secondary N) is 1. The smallest absolute Gasteiger partial charge is 0.221 e. The number of carbonyl (C=O) groups is 1. The molecule has 4 unspecified atom stereocenters. The van der Waals surface area contributed by atoms with Gasteiger partial charge in [0.05, 0.1) is 24.9 Å². The minimum absolute atomic E-state index is 0.0254. The first kappa shape index (κ1) is 26.8. The van der Waals surface area contributed by atoms with E-state index in [1.54, 1.807) is 24.3 Å². The van der Waals surface area contributed by atoms with Gasteiger partial charge in [0, 0.05) is 37.7 Å². The lowest BCUT2D eigenvalue weighted by Gasteiger charge is -2.38. The molecule has 4 rings (SSSR count). The fraction of sp³-hybridized carbons (Fsp3) is 0.345. The molecule has 3 aromatic carbocycles. The minimum Gasteiger partial charge on any atom is -0.508 e. The first-order chi connectivity index (χ1) is 17.8. The van der Waals surface area contributed by atoms with E-state index in [0.29, 0.717) is 30.8 Å². The van der Waals surface area contributed by atoms with Crippen LogP contribution in [0.4, 0.5) is 5.69 Å². The number of anilines is 1. The molecule has 196 valence electrons. The summed E-state index contributed by atoms with van der Waals surface area (Å²) in [5.41, 5.74) is 3.91. The lowest BCUT2D eigenvalue weighted by atomic mass is 9.99. The molecular formula is C29H34N2O6. The van der Waals surface area contributed by atoms with Gasteiger partial charge in [0.1, 0.15) is 5.75 Å². The molecule has 8 heteroatoms. The average Bonchev–Trinajstić information content (AvgIpc) is 2.88.